The molecule has 0 spiro atoms. The van der Waals surface area contributed by atoms with Gasteiger partial charge in [-0.3, -0.25) is 0 Å². The predicted molar refractivity (Wildman–Crippen MR) is 88.8 cm³/mol. The molecule has 3 rings (SSSR count). The first-order valence-corrected chi connectivity index (χ1v) is 7.87. The zero-order chi connectivity index (χ0) is 15.2. The van der Waals surface area contributed by atoms with E-state index in [1.165, 1.54) is 5.56 Å². The summed E-state index contributed by atoms with van der Waals surface area (Å²) in [6, 6.07) is 12.1. The summed E-state index contributed by atoms with van der Waals surface area (Å²) in [5.41, 5.74) is 4.55. The lowest BCUT2D eigenvalue weighted by Gasteiger charge is -2.18. The van der Waals surface area contributed by atoms with Crippen molar-refractivity contribution in [2.45, 2.75) is 31.6 Å². The van der Waals surface area contributed by atoms with Crippen LogP contribution < -0.4 is 4.74 Å². The van der Waals surface area contributed by atoms with Crippen molar-refractivity contribution >= 4 is 23.2 Å². The van der Waals surface area contributed by atoms with Crippen LogP contribution in [0, 0.1) is 6.92 Å². The first kappa shape index (κ1) is 14.7. The molecule has 1 unspecified atom stereocenters. The van der Waals surface area contributed by atoms with E-state index >= 15 is 0 Å². The van der Waals surface area contributed by atoms with Crippen LogP contribution in [0.4, 0.5) is 0 Å². The van der Waals surface area contributed by atoms with Gasteiger partial charge >= 0.3 is 0 Å². The fourth-order valence-corrected chi connectivity index (χ4v) is 3.31. The van der Waals surface area contributed by atoms with Gasteiger partial charge in [-0.1, -0.05) is 37.6 Å². The van der Waals surface area contributed by atoms with Gasteiger partial charge in [0, 0.05) is 16.0 Å². The van der Waals surface area contributed by atoms with Crippen LogP contribution in [0.25, 0.3) is 0 Å². The van der Waals surface area contributed by atoms with E-state index in [0.717, 1.165) is 29.0 Å². The average Bonchev–Trinajstić information content (AvgIpc) is 2.76. The summed E-state index contributed by atoms with van der Waals surface area (Å²) in [4.78, 5) is 0. The molecule has 0 bridgehead atoms. The Labute approximate surface area is 135 Å². The quantitative estimate of drug-likeness (QED) is 0.650. The predicted octanol–water partition coefficient (Wildman–Crippen LogP) is 5.65. The minimum atomic E-state index is -0.203. The summed E-state index contributed by atoms with van der Waals surface area (Å²) in [6.07, 6.45) is 0. The summed E-state index contributed by atoms with van der Waals surface area (Å²) in [7, 11) is 0. The molecule has 0 amide bonds. The third kappa shape index (κ3) is 2.65. The normalized spacial score (nSPS) is 17.2. The van der Waals surface area contributed by atoms with Crippen LogP contribution in [-0.2, 0) is 5.41 Å². The number of hydrogen-bond donors (Lipinski definition) is 0. The second-order valence-electron chi connectivity index (χ2n) is 6.29. The Kier molecular flexibility index (Phi) is 3.67. The Bertz CT molecular complexity index is 692. The number of rotatable bonds is 2. The van der Waals surface area contributed by atoms with Crippen molar-refractivity contribution in [2.24, 2.45) is 0 Å². The molecule has 2 aromatic carbocycles. The van der Waals surface area contributed by atoms with E-state index in [9.17, 15) is 0 Å². The Morgan fingerprint density at radius 3 is 2.67 bits per heavy atom. The molecule has 0 radical (unpaired) electrons. The lowest BCUT2D eigenvalue weighted by molar-refractivity contribution is 0.291. The Morgan fingerprint density at radius 2 is 1.90 bits per heavy atom. The zero-order valence-corrected chi connectivity index (χ0v) is 13.9. The molecule has 0 aliphatic carbocycles. The molecule has 1 aliphatic rings. The number of fused-ring (bicyclic) bond motifs is 1. The molecule has 0 aromatic heterocycles. The highest BCUT2D eigenvalue weighted by Gasteiger charge is 2.32. The molecular weight excluding hydrogens is 303 g/mol. The van der Waals surface area contributed by atoms with Gasteiger partial charge in [0.1, 0.15) is 5.75 Å². The molecule has 0 N–H and O–H groups in total. The summed E-state index contributed by atoms with van der Waals surface area (Å²) in [5, 5.41) is 0.511. The van der Waals surface area contributed by atoms with Crippen LogP contribution in [0.5, 0.6) is 5.75 Å². The molecule has 1 nitrogen and oxygen atoms in total. The molecule has 0 saturated carbocycles. The van der Waals surface area contributed by atoms with Crippen LogP contribution >= 0.6 is 23.2 Å². The summed E-state index contributed by atoms with van der Waals surface area (Å²) in [5.74, 6) is 0.968. The molecular formula is C18H18Cl2O. The number of alkyl halides is 1. The number of benzene rings is 2. The first-order chi connectivity index (χ1) is 9.88. The third-order valence-electron chi connectivity index (χ3n) is 4.13. The van der Waals surface area contributed by atoms with Crippen molar-refractivity contribution in [3.63, 3.8) is 0 Å². The standard InChI is InChI=1S/C18H18Cl2O/c1-11-4-6-13(19)9-14(11)17(20)12-5-7-16-15(8-12)18(2,3)10-21-16/h4-9,17H,10H2,1-3H3. The second-order valence-corrected chi connectivity index (χ2v) is 7.16. The number of ether oxygens (including phenoxy) is 1. The van der Waals surface area contributed by atoms with Crippen LogP contribution in [-0.4, -0.2) is 6.61 Å². The second kappa shape index (κ2) is 5.23. The largest absolute Gasteiger partial charge is 0.492 e. The van der Waals surface area contributed by atoms with Gasteiger partial charge in [-0.05, 0) is 47.9 Å². The van der Waals surface area contributed by atoms with Crippen LogP contribution in [0.3, 0.4) is 0 Å². The minimum absolute atomic E-state index is 0.0331. The summed E-state index contributed by atoms with van der Waals surface area (Å²) >= 11 is 12.8. The maximum atomic E-state index is 6.70. The summed E-state index contributed by atoms with van der Waals surface area (Å²) < 4.78 is 5.73. The van der Waals surface area contributed by atoms with Crippen molar-refractivity contribution in [3.05, 3.63) is 63.7 Å². The van der Waals surface area contributed by atoms with Gasteiger partial charge in [-0.2, -0.15) is 0 Å². The third-order valence-corrected chi connectivity index (χ3v) is 4.85. The highest BCUT2D eigenvalue weighted by molar-refractivity contribution is 6.31. The molecule has 1 aliphatic heterocycles. The van der Waals surface area contributed by atoms with Crippen molar-refractivity contribution in [2.75, 3.05) is 6.61 Å². The van der Waals surface area contributed by atoms with Gasteiger partial charge in [-0.25, -0.2) is 0 Å². The van der Waals surface area contributed by atoms with E-state index in [1.54, 1.807) is 0 Å². The monoisotopic (exact) mass is 320 g/mol. The van der Waals surface area contributed by atoms with E-state index in [4.69, 9.17) is 27.9 Å². The van der Waals surface area contributed by atoms with E-state index < -0.39 is 0 Å². The van der Waals surface area contributed by atoms with Crippen molar-refractivity contribution in [1.29, 1.82) is 0 Å². The average molecular weight is 321 g/mol. The Balaban J connectivity index is 2.03. The molecule has 0 fully saturated rings. The van der Waals surface area contributed by atoms with Gasteiger partial charge in [0.2, 0.25) is 0 Å². The number of halogens is 2. The van der Waals surface area contributed by atoms with E-state index in [0.29, 0.717) is 5.02 Å². The highest BCUT2D eigenvalue weighted by Crippen LogP contribution is 2.42. The molecule has 0 saturated heterocycles. The molecule has 3 heteroatoms. The van der Waals surface area contributed by atoms with Crippen molar-refractivity contribution in [1.82, 2.24) is 0 Å². The Hall–Kier alpha value is -1.18. The van der Waals surface area contributed by atoms with Crippen LogP contribution in [0.1, 0.15) is 41.5 Å². The Morgan fingerprint density at radius 1 is 1.14 bits per heavy atom. The minimum Gasteiger partial charge on any atom is -0.492 e. The SMILES string of the molecule is Cc1ccc(Cl)cc1C(Cl)c1ccc2c(c1)C(C)(C)CO2. The fraction of sp³-hybridized carbons (Fsp3) is 0.333. The van der Waals surface area contributed by atoms with Gasteiger partial charge in [0.25, 0.3) is 0 Å². The van der Waals surface area contributed by atoms with Gasteiger partial charge < -0.3 is 4.74 Å². The van der Waals surface area contributed by atoms with E-state index in [-0.39, 0.29) is 10.8 Å². The smallest absolute Gasteiger partial charge is 0.123 e. The lowest BCUT2D eigenvalue weighted by atomic mass is 9.85. The highest BCUT2D eigenvalue weighted by atomic mass is 35.5. The van der Waals surface area contributed by atoms with Crippen LogP contribution in [0.15, 0.2) is 36.4 Å². The topological polar surface area (TPSA) is 9.23 Å². The number of hydrogen-bond acceptors (Lipinski definition) is 1. The molecule has 1 atom stereocenters. The molecule has 1 heterocycles. The van der Waals surface area contributed by atoms with Crippen LogP contribution in [0.2, 0.25) is 5.02 Å². The van der Waals surface area contributed by atoms with E-state index in [2.05, 4.69) is 26.8 Å². The van der Waals surface area contributed by atoms with Gasteiger partial charge in [0.15, 0.2) is 0 Å². The van der Waals surface area contributed by atoms with E-state index in [1.807, 2.05) is 30.3 Å². The van der Waals surface area contributed by atoms with Gasteiger partial charge in [0.05, 0.1) is 12.0 Å². The summed E-state index contributed by atoms with van der Waals surface area (Å²) in [6.45, 7) is 7.16. The first-order valence-electron chi connectivity index (χ1n) is 7.06. The molecule has 110 valence electrons. The zero-order valence-electron chi connectivity index (χ0n) is 12.4. The lowest BCUT2D eigenvalue weighted by Crippen LogP contribution is -2.18. The van der Waals surface area contributed by atoms with Crippen molar-refractivity contribution in [3.8, 4) is 5.75 Å². The van der Waals surface area contributed by atoms with Gasteiger partial charge in [-0.15, -0.1) is 11.6 Å². The van der Waals surface area contributed by atoms with Crippen molar-refractivity contribution < 1.29 is 4.74 Å². The molecule has 2 aromatic rings. The maximum absolute atomic E-state index is 6.70. The maximum Gasteiger partial charge on any atom is 0.123 e. The number of aryl methyl sites for hydroxylation is 1. The fourth-order valence-electron chi connectivity index (χ4n) is 2.76. The molecule has 21 heavy (non-hydrogen) atoms.